The number of carbonyl (C=O) groups excluding carboxylic acids is 1. The number of methoxy groups -OCH3 is 1. The van der Waals surface area contributed by atoms with Crippen LogP contribution in [0, 0.1) is 5.82 Å². The number of esters is 1. The molecule has 0 fully saturated rings. The van der Waals surface area contributed by atoms with Crippen LogP contribution in [0.1, 0.15) is 6.42 Å². The Morgan fingerprint density at radius 3 is 2.81 bits per heavy atom. The Balaban J connectivity index is 2.62. The van der Waals surface area contributed by atoms with Gasteiger partial charge in [0.2, 0.25) is 0 Å². The Hall–Kier alpha value is -1.29. The molecule has 0 N–H and O–H groups in total. The minimum atomic E-state index is -0.452. The van der Waals surface area contributed by atoms with Crippen molar-refractivity contribution in [3.8, 4) is 0 Å². The van der Waals surface area contributed by atoms with Crippen molar-refractivity contribution in [2.24, 2.45) is 0 Å². The number of hydrogen-bond acceptors (Lipinski definition) is 3. The first-order valence-electron chi connectivity index (χ1n) is 4.77. The average molecular weight is 246 g/mol. The molecule has 0 aromatic heterocycles. The smallest absolute Gasteiger partial charge is 0.307 e. The second-order valence-electron chi connectivity index (χ2n) is 3.35. The van der Waals surface area contributed by atoms with Crippen LogP contribution in [0.5, 0.6) is 0 Å². The van der Waals surface area contributed by atoms with Gasteiger partial charge in [-0.2, -0.15) is 0 Å². The maximum absolute atomic E-state index is 12.9. The summed E-state index contributed by atoms with van der Waals surface area (Å²) < 4.78 is 17.4. The molecule has 0 amide bonds. The summed E-state index contributed by atoms with van der Waals surface area (Å²) >= 11 is 5.65. The van der Waals surface area contributed by atoms with Gasteiger partial charge in [-0.1, -0.05) is 11.6 Å². The molecule has 16 heavy (non-hydrogen) atoms. The lowest BCUT2D eigenvalue weighted by Crippen LogP contribution is -2.21. The van der Waals surface area contributed by atoms with E-state index in [9.17, 15) is 9.18 Å². The fourth-order valence-electron chi connectivity index (χ4n) is 1.21. The fraction of sp³-hybridized carbons (Fsp3) is 0.364. The van der Waals surface area contributed by atoms with Gasteiger partial charge in [0.05, 0.1) is 18.6 Å². The molecule has 0 bridgehead atoms. The fourth-order valence-corrected chi connectivity index (χ4v) is 1.39. The standard InChI is InChI=1S/C11H13ClFNO2/c1-14(6-5-11(15)16-2)8-3-4-10(13)9(12)7-8/h3-4,7H,5-6H2,1-2H3. The summed E-state index contributed by atoms with van der Waals surface area (Å²) in [5.41, 5.74) is 0.760. The first-order chi connectivity index (χ1) is 7.54. The number of rotatable bonds is 4. The van der Waals surface area contributed by atoms with Gasteiger partial charge in [0.25, 0.3) is 0 Å². The summed E-state index contributed by atoms with van der Waals surface area (Å²) in [6.45, 7) is 0.495. The monoisotopic (exact) mass is 245 g/mol. The molecular weight excluding hydrogens is 233 g/mol. The van der Waals surface area contributed by atoms with E-state index in [1.807, 2.05) is 4.90 Å². The minimum absolute atomic E-state index is 0.0717. The summed E-state index contributed by atoms with van der Waals surface area (Å²) in [7, 11) is 3.14. The topological polar surface area (TPSA) is 29.5 Å². The summed E-state index contributed by atoms with van der Waals surface area (Å²) in [6.07, 6.45) is 0.280. The van der Waals surface area contributed by atoms with Gasteiger partial charge >= 0.3 is 5.97 Å². The van der Waals surface area contributed by atoms with Crippen LogP contribution in [0.3, 0.4) is 0 Å². The SMILES string of the molecule is COC(=O)CCN(C)c1ccc(F)c(Cl)c1. The Bertz CT molecular complexity index is 384. The molecule has 1 aromatic rings. The Labute approximate surface area is 98.8 Å². The lowest BCUT2D eigenvalue weighted by Gasteiger charge is -2.18. The highest BCUT2D eigenvalue weighted by atomic mass is 35.5. The van der Waals surface area contributed by atoms with Gasteiger partial charge in [0.15, 0.2) is 0 Å². The lowest BCUT2D eigenvalue weighted by atomic mass is 10.2. The van der Waals surface area contributed by atoms with Gasteiger partial charge in [0, 0.05) is 19.3 Å². The van der Waals surface area contributed by atoms with E-state index < -0.39 is 5.82 Å². The molecule has 88 valence electrons. The van der Waals surface area contributed by atoms with Crippen LogP contribution in [0.4, 0.5) is 10.1 Å². The normalized spacial score (nSPS) is 10.0. The van der Waals surface area contributed by atoms with Crippen molar-refractivity contribution in [2.45, 2.75) is 6.42 Å². The molecule has 5 heteroatoms. The Morgan fingerprint density at radius 1 is 1.56 bits per heavy atom. The van der Waals surface area contributed by atoms with Crippen molar-refractivity contribution < 1.29 is 13.9 Å². The van der Waals surface area contributed by atoms with Crippen molar-refractivity contribution in [1.29, 1.82) is 0 Å². The Kier molecular flexibility index (Phi) is 4.55. The van der Waals surface area contributed by atoms with E-state index in [4.69, 9.17) is 11.6 Å². The maximum Gasteiger partial charge on any atom is 0.307 e. The van der Waals surface area contributed by atoms with E-state index in [1.54, 1.807) is 13.1 Å². The van der Waals surface area contributed by atoms with Gasteiger partial charge < -0.3 is 9.64 Å². The van der Waals surface area contributed by atoms with E-state index in [-0.39, 0.29) is 17.4 Å². The van der Waals surface area contributed by atoms with Gasteiger partial charge in [-0.3, -0.25) is 4.79 Å². The van der Waals surface area contributed by atoms with Crippen molar-refractivity contribution >= 4 is 23.3 Å². The number of carbonyl (C=O) groups is 1. The maximum atomic E-state index is 12.9. The van der Waals surface area contributed by atoms with Crippen LogP contribution in [-0.4, -0.2) is 26.7 Å². The molecule has 0 spiro atoms. The molecule has 0 radical (unpaired) electrons. The molecule has 0 heterocycles. The van der Waals surface area contributed by atoms with E-state index in [0.29, 0.717) is 6.54 Å². The largest absolute Gasteiger partial charge is 0.469 e. The number of nitrogens with zero attached hydrogens (tertiary/aromatic N) is 1. The molecule has 1 aromatic carbocycles. The number of halogens is 2. The summed E-state index contributed by atoms with van der Waals surface area (Å²) in [5.74, 6) is -0.730. The lowest BCUT2D eigenvalue weighted by molar-refractivity contribution is -0.140. The average Bonchev–Trinajstić information content (AvgIpc) is 2.29. The quantitative estimate of drug-likeness (QED) is 0.764. The number of benzene rings is 1. The van der Waals surface area contributed by atoms with Crippen molar-refractivity contribution in [2.75, 3.05) is 25.6 Å². The van der Waals surface area contributed by atoms with Crippen molar-refractivity contribution in [1.82, 2.24) is 0 Å². The van der Waals surface area contributed by atoms with E-state index >= 15 is 0 Å². The predicted octanol–water partition coefficient (Wildman–Crippen LogP) is 2.48. The van der Waals surface area contributed by atoms with Gasteiger partial charge in [0.1, 0.15) is 5.82 Å². The van der Waals surface area contributed by atoms with Gasteiger partial charge in [-0.05, 0) is 18.2 Å². The summed E-state index contributed by atoms with van der Waals surface area (Å²) in [6, 6.07) is 4.43. The van der Waals surface area contributed by atoms with E-state index in [1.165, 1.54) is 19.2 Å². The third-order valence-electron chi connectivity index (χ3n) is 2.22. The highest BCUT2D eigenvalue weighted by molar-refractivity contribution is 6.31. The van der Waals surface area contributed by atoms with Crippen molar-refractivity contribution in [3.63, 3.8) is 0 Å². The zero-order chi connectivity index (χ0) is 12.1. The number of anilines is 1. The van der Waals surface area contributed by atoms with Crippen LogP contribution in [0.15, 0.2) is 18.2 Å². The number of ether oxygens (including phenoxy) is 1. The molecule has 0 saturated carbocycles. The highest BCUT2D eigenvalue weighted by Gasteiger charge is 2.07. The molecule has 0 aliphatic heterocycles. The minimum Gasteiger partial charge on any atom is -0.469 e. The van der Waals surface area contributed by atoms with Crippen LogP contribution in [0.25, 0.3) is 0 Å². The first-order valence-corrected chi connectivity index (χ1v) is 5.15. The van der Waals surface area contributed by atoms with Crippen LogP contribution >= 0.6 is 11.6 Å². The third-order valence-corrected chi connectivity index (χ3v) is 2.51. The first kappa shape index (κ1) is 12.8. The molecule has 0 unspecified atom stereocenters. The molecule has 0 atom stereocenters. The second kappa shape index (κ2) is 5.70. The van der Waals surface area contributed by atoms with E-state index in [2.05, 4.69) is 4.74 Å². The highest BCUT2D eigenvalue weighted by Crippen LogP contribution is 2.21. The molecular formula is C11H13ClFNO2. The van der Waals surface area contributed by atoms with E-state index in [0.717, 1.165) is 5.69 Å². The summed E-state index contributed by atoms with van der Waals surface area (Å²) in [4.78, 5) is 12.7. The van der Waals surface area contributed by atoms with Crippen molar-refractivity contribution in [3.05, 3.63) is 29.0 Å². The molecule has 1 rings (SSSR count). The second-order valence-corrected chi connectivity index (χ2v) is 3.75. The molecule has 0 saturated heterocycles. The van der Waals surface area contributed by atoms with Crippen LogP contribution in [-0.2, 0) is 9.53 Å². The zero-order valence-corrected chi connectivity index (χ0v) is 9.92. The predicted molar refractivity (Wildman–Crippen MR) is 61.3 cm³/mol. The molecule has 0 aliphatic carbocycles. The van der Waals surface area contributed by atoms with Crippen LogP contribution < -0.4 is 4.90 Å². The van der Waals surface area contributed by atoms with Gasteiger partial charge in [-0.15, -0.1) is 0 Å². The molecule has 0 aliphatic rings. The van der Waals surface area contributed by atoms with Crippen LogP contribution in [0.2, 0.25) is 5.02 Å². The third kappa shape index (κ3) is 3.38. The Morgan fingerprint density at radius 2 is 2.25 bits per heavy atom. The number of hydrogen-bond donors (Lipinski definition) is 0. The zero-order valence-electron chi connectivity index (χ0n) is 9.17. The van der Waals surface area contributed by atoms with Gasteiger partial charge in [-0.25, -0.2) is 4.39 Å². The summed E-state index contributed by atoms with van der Waals surface area (Å²) in [5, 5.41) is 0.0717. The molecule has 3 nitrogen and oxygen atoms in total.